The standard InChI is InChI=1S/C9H16O2/c1-2-3-4-6-9(10)7-5-8-11-9/h2,10H,1,3-8H2. The van der Waals surface area contributed by atoms with Crippen LogP contribution in [0.5, 0.6) is 0 Å². The smallest absolute Gasteiger partial charge is 0.165 e. The molecule has 0 aromatic rings. The third-order valence-corrected chi connectivity index (χ3v) is 2.06. The molecule has 1 fully saturated rings. The Hall–Kier alpha value is -0.340. The Morgan fingerprint density at radius 3 is 3.00 bits per heavy atom. The third-order valence-electron chi connectivity index (χ3n) is 2.06. The van der Waals surface area contributed by atoms with Crippen molar-refractivity contribution in [1.82, 2.24) is 0 Å². The van der Waals surface area contributed by atoms with Gasteiger partial charge in [-0.15, -0.1) is 6.58 Å². The molecule has 0 spiro atoms. The van der Waals surface area contributed by atoms with Crippen LogP contribution in [0.4, 0.5) is 0 Å². The van der Waals surface area contributed by atoms with Gasteiger partial charge in [0.2, 0.25) is 0 Å². The van der Waals surface area contributed by atoms with Crippen LogP contribution in [0, 0.1) is 0 Å². The van der Waals surface area contributed by atoms with Crippen molar-refractivity contribution in [2.75, 3.05) is 6.61 Å². The summed E-state index contributed by atoms with van der Waals surface area (Å²) in [6, 6.07) is 0. The molecule has 2 heteroatoms. The normalized spacial score (nSPS) is 30.6. The van der Waals surface area contributed by atoms with E-state index in [0.717, 1.165) is 32.1 Å². The lowest BCUT2D eigenvalue weighted by Crippen LogP contribution is -2.26. The first-order valence-electron chi connectivity index (χ1n) is 4.24. The molecule has 0 aliphatic carbocycles. The van der Waals surface area contributed by atoms with Crippen molar-refractivity contribution in [3.63, 3.8) is 0 Å². The SMILES string of the molecule is C=CCCCC1(O)CCCO1. The Balaban J connectivity index is 2.17. The molecular weight excluding hydrogens is 140 g/mol. The number of aliphatic hydroxyl groups is 1. The maximum absolute atomic E-state index is 9.66. The van der Waals surface area contributed by atoms with Crippen LogP contribution in [-0.2, 0) is 4.74 Å². The Bertz CT molecular complexity index is 126. The number of rotatable bonds is 4. The van der Waals surface area contributed by atoms with E-state index >= 15 is 0 Å². The molecule has 2 nitrogen and oxygen atoms in total. The number of hydrogen-bond acceptors (Lipinski definition) is 2. The molecule has 1 aliphatic rings. The molecule has 1 atom stereocenters. The summed E-state index contributed by atoms with van der Waals surface area (Å²) in [5, 5.41) is 9.66. The lowest BCUT2D eigenvalue weighted by atomic mass is 10.1. The molecule has 0 amide bonds. The van der Waals surface area contributed by atoms with Crippen molar-refractivity contribution < 1.29 is 9.84 Å². The highest BCUT2D eigenvalue weighted by Crippen LogP contribution is 2.27. The largest absolute Gasteiger partial charge is 0.365 e. The molecular formula is C9H16O2. The molecule has 1 saturated heterocycles. The van der Waals surface area contributed by atoms with E-state index in [-0.39, 0.29) is 0 Å². The van der Waals surface area contributed by atoms with Gasteiger partial charge < -0.3 is 9.84 Å². The Kier molecular flexibility index (Phi) is 3.09. The van der Waals surface area contributed by atoms with E-state index in [1.807, 2.05) is 6.08 Å². The summed E-state index contributed by atoms with van der Waals surface area (Å²) in [5.41, 5.74) is 0. The summed E-state index contributed by atoms with van der Waals surface area (Å²) in [6.45, 7) is 4.34. The summed E-state index contributed by atoms with van der Waals surface area (Å²) in [7, 11) is 0. The molecule has 1 heterocycles. The predicted molar refractivity (Wildman–Crippen MR) is 44.2 cm³/mol. The molecule has 11 heavy (non-hydrogen) atoms. The maximum Gasteiger partial charge on any atom is 0.165 e. The summed E-state index contributed by atoms with van der Waals surface area (Å²) in [4.78, 5) is 0. The number of hydrogen-bond donors (Lipinski definition) is 1. The fraction of sp³-hybridized carbons (Fsp3) is 0.778. The van der Waals surface area contributed by atoms with Crippen LogP contribution < -0.4 is 0 Å². The van der Waals surface area contributed by atoms with Gasteiger partial charge >= 0.3 is 0 Å². The molecule has 0 aromatic carbocycles. The van der Waals surface area contributed by atoms with Crippen molar-refractivity contribution in [1.29, 1.82) is 0 Å². The lowest BCUT2D eigenvalue weighted by Gasteiger charge is -2.20. The van der Waals surface area contributed by atoms with Gasteiger partial charge in [-0.2, -0.15) is 0 Å². The quantitative estimate of drug-likeness (QED) is 0.497. The minimum Gasteiger partial charge on any atom is -0.365 e. The second kappa shape index (κ2) is 3.88. The fourth-order valence-corrected chi connectivity index (χ4v) is 1.40. The minimum atomic E-state index is -0.803. The van der Waals surface area contributed by atoms with E-state index in [2.05, 4.69) is 6.58 Å². The highest BCUT2D eigenvalue weighted by molar-refractivity contribution is 4.75. The monoisotopic (exact) mass is 156 g/mol. The fourth-order valence-electron chi connectivity index (χ4n) is 1.40. The van der Waals surface area contributed by atoms with Crippen LogP contribution in [0.25, 0.3) is 0 Å². The van der Waals surface area contributed by atoms with Gasteiger partial charge in [0, 0.05) is 12.8 Å². The van der Waals surface area contributed by atoms with Crippen molar-refractivity contribution in [3.05, 3.63) is 12.7 Å². The molecule has 1 unspecified atom stereocenters. The molecule has 0 bridgehead atoms. The summed E-state index contributed by atoms with van der Waals surface area (Å²) in [6.07, 6.45) is 6.34. The van der Waals surface area contributed by atoms with Crippen LogP contribution in [0.2, 0.25) is 0 Å². The van der Waals surface area contributed by atoms with E-state index in [1.54, 1.807) is 0 Å². The van der Waals surface area contributed by atoms with Gasteiger partial charge in [0.1, 0.15) is 0 Å². The first kappa shape index (κ1) is 8.75. The van der Waals surface area contributed by atoms with Crippen molar-refractivity contribution >= 4 is 0 Å². The maximum atomic E-state index is 9.66. The number of ether oxygens (including phenoxy) is 1. The molecule has 1 N–H and O–H groups in total. The Labute approximate surface area is 67.9 Å². The number of unbranched alkanes of at least 4 members (excludes halogenated alkanes) is 1. The van der Waals surface area contributed by atoms with E-state index in [9.17, 15) is 5.11 Å². The van der Waals surface area contributed by atoms with Crippen LogP contribution >= 0.6 is 0 Å². The van der Waals surface area contributed by atoms with Gasteiger partial charge in [0.25, 0.3) is 0 Å². The van der Waals surface area contributed by atoms with Gasteiger partial charge in [-0.3, -0.25) is 0 Å². The first-order valence-corrected chi connectivity index (χ1v) is 4.24. The third kappa shape index (κ3) is 2.64. The Morgan fingerprint density at radius 1 is 1.64 bits per heavy atom. The van der Waals surface area contributed by atoms with Gasteiger partial charge in [0.05, 0.1) is 6.61 Å². The van der Waals surface area contributed by atoms with Crippen LogP contribution in [-0.4, -0.2) is 17.5 Å². The zero-order chi connectivity index (χ0) is 8.16. The highest BCUT2D eigenvalue weighted by atomic mass is 16.6. The molecule has 0 aromatic heterocycles. The summed E-state index contributed by atoms with van der Waals surface area (Å²) in [5.74, 6) is -0.803. The molecule has 1 rings (SSSR count). The van der Waals surface area contributed by atoms with Gasteiger partial charge in [-0.25, -0.2) is 0 Å². The molecule has 1 aliphatic heterocycles. The zero-order valence-electron chi connectivity index (χ0n) is 6.88. The first-order chi connectivity index (χ1) is 5.27. The predicted octanol–water partition coefficient (Wildman–Crippen LogP) is 1.84. The van der Waals surface area contributed by atoms with Crippen LogP contribution in [0.3, 0.4) is 0 Å². The molecule has 64 valence electrons. The second-order valence-electron chi connectivity index (χ2n) is 3.08. The van der Waals surface area contributed by atoms with Gasteiger partial charge in [0.15, 0.2) is 5.79 Å². The summed E-state index contributed by atoms with van der Waals surface area (Å²) >= 11 is 0. The number of allylic oxidation sites excluding steroid dienone is 1. The zero-order valence-corrected chi connectivity index (χ0v) is 6.88. The van der Waals surface area contributed by atoms with E-state index < -0.39 is 5.79 Å². The van der Waals surface area contributed by atoms with E-state index in [1.165, 1.54) is 0 Å². The second-order valence-corrected chi connectivity index (χ2v) is 3.08. The van der Waals surface area contributed by atoms with Gasteiger partial charge in [-0.05, 0) is 19.3 Å². The van der Waals surface area contributed by atoms with Crippen LogP contribution in [0.15, 0.2) is 12.7 Å². The minimum absolute atomic E-state index is 0.713. The Morgan fingerprint density at radius 2 is 2.45 bits per heavy atom. The van der Waals surface area contributed by atoms with Crippen LogP contribution in [0.1, 0.15) is 32.1 Å². The molecule has 0 radical (unpaired) electrons. The lowest BCUT2D eigenvalue weighted by molar-refractivity contribution is -0.175. The van der Waals surface area contributed by atoms with Gasteiger partial charge in [-0.1, -0.05) is 6.08 Å². The summed E-state index contributed by atoms with van der Waals surface area (Å²) < 4.78 is 5.21. The molecule has 0 saturated carbocycles. The van der Waals surface area contributed by atoms with Crippen molar-refractivity contribution in [3.8, 4) is 0 Å². The van der Waals surface area contributed by atoms with E-state index in [4.69, 9.17) is 4.74 Å². The average Bonchev–Trinajstić information content (AvgIpc) is 2.38. The topological polar surface area (TPSA) is 29.5 Å². The van der Waals surface area contributed by atoms with Crippen molar-refractivity contribution in [2.45, 2.75) is 37.9 Å². The average molecular weight is 156 g/mol. The van der Waals surface area contributed by atoms with Crippen molar-refractivity contribution in [2.24, 2.45) is 0 Å². The highest BCUT2D eigenvalue weighted by Gasteiger charge is 2.30. The van der Waals surface area contributed by atoms with E-state index in [0.29, 0.717) is 6.61 Å².